The van der Waals surface area contributed by atoms with Crippen LogP contribution >= 0.6 is 11.6 Å². The Morgan fingerprint density at radius 2 is 1.82 bits per heavy atom. The Morgan fingerprint density at radius 3 is 2.50 bits per heavy atom. The van der Waals surface area contributed by atoms with Crippen molar-refractivity contribution >= 4 is 23.5 Å². The van der Waals surface area contributed by atoms with Gasteiger partial charge in [0.1, 0.15) is 12.4 Å². The van der Waals surface area contributed by atoms with E-state index >= 15 is 0 Å². The lowest BCUT2D eigenvalue weighted by Crippen LogP contribution is -2.40. The lowest BCUT2D eigenvalue weighted by atomic mass is 9.96. The van der Waals surface area contributed by atoms with Gasteiger partial charge in [0.25, 0.3) is 5.91 Å². The minimum atomic E-state index is -0.177. The fourth-order valence-electron chi connectivity index (χ4n) is 3.28. The van der Waals surface area contributed by atoms with Gasteiger partial charge in [-0.1, -0.05) is 41.9 Å². The topological polar surface area (TPSA) is 55.8 Å². The number of carbonyl (C=O) groups excluding carboxylic acids is 2. The predicted molar refractivity (Wildman–Crippen MR) is 107 cm³/mol. The fraction of sp³-hybridized carbons (Fsp3) is 0.364. The molecule has 0 radical (unpaired) electrons. The Kier molecular flexibility index (Phi) is 6.93. The van der Waals surface area contributed by atoms with E-state index in [2.05, 4.69) is 0 Å². The van der Waals surface area contributed by atoms with Crippen molar-refractivity contribution in [3.63, 3.8) is 0 Å². The SMILES string of the molecule is CCOC(=O)C1CCN(C(=O)c2cc(Cl)ccc2OCc2ccccc2)CC1. The zero-order valence-corrected chi connectivity index (χ0v) is 16.7. The molecule has 0 unspecified atom stereocenters. The zero-order chi connectivity index (χ0) is 19.9. The molecule has 0 aliphatic carbocycles. The highest BCUT2D eigenvalue weighted by molar-refractivity contribution is 6.31. The highest BCUT2D eigenvalue weighted by atomic mass is 35.5. The number of likely N-dealkylation sites (tertiary alicyclic amines) is 1. The summed E-state index contributed by atoms with van der Waals surface area (Å²) in [7, 11) is 0. The average Bonchev–Trinajstić information content (AvgIpc) is 2.73. The molecule has 3 rings (SSSR count). The van der Waals surface area contributed by atoms with Crippen molar-refractivity contribution < 1.29 is 19.1 Å². The molecule has 2 aromatic carbocycles. The highest BCUT2D eigenvalue weighted by Gasteiger charge is 2.29. The summed E-state index contributed by atoms with van der Waals surface area (Å²) >= 11 is 6.13. The maximum Gasteiger partial charge on any atom is 0.309 e. The van der Waals surface area contributed by atoms with Gasteiger partial charge in [-0.2, -0.15) is 0 Å². The van der Waals surface area contributed by atoms with Crippen molar-refractivity contribution in [2.24, 2.45) is 5.92 Å². The first-order chi connectivity index (χ1) is 13.6. The maximum atomic E-state index is 13.1. The third kappa shape index (κ3) is 5.04. The van der Waals surface area contributed by atoms with Gasteiger partial charge in [-0.15, -0.1) is 0 Å². The lowest BCUT2D eigenvalue weighted by molar-refractivity contribution is -0.149. The number of rotatable bonds is 6. The second kappa shape index (κ2) is 9.60. The van der Waals surface area contributed by atoms with Crippen molar-refractivity contribution in [3.05, 3.63) is 64.7 Å². The van der Waals surface area contributed by atoms with E-state index < -0.39 is 0 Å². The van der Waals surface area contributed by atoms with Crippen molar-refractivity contribution in [3.8, 4) is 5.75 Å². The molecule has 2 aromatic rings. The molecule has 1 heterocycles. The number of amides is 1. The van der Waals surface area contributed by atoms with E-state index in [4.69, 9.17) is 21.1 Å². The summed E-state index contributed by atoms with van der Waals surface area (Å²) in [5.74, 6) is 0.0556. The fourth-order valence-corrected chi connectivity index (χ4v) is 3.45. The van der Waals surface area contributed by atoms with Crippen LogP contribution in [0.5, 0.6) is 5.75 Å². The average molecular weight is 402 g/mol. The van der Waals surface area contributed by atoms with Gasteiger partial charge in [-0.25, -0.2) is 0 Å². The maximum absolute atomic E-state index is 13.1. The number of hydrogen-bond donors (Lipinski definition) is 0. The molecule has 0 atom stereocenters. The summed E-state index contributed by atoms with van der Waals surface area (Å²) in [4.78, 5) is 26.7. The van der Waals surface area contributed by atoms with Crippen LogP contribution in [0.25, 0.3) is 0 Å². The number of nitrogens with zero attached hydrogens (tertiary/aromatic N) is 1. The summed E-state index contributed by atoms with van der Waals surface area (Å²) < 4.78 is 11.0. The van der Waals surface area contributed by atoms with E-state index in [0.717, 1.165) is 5.56 Å². The van der Waals surface area contributed by atoms with E-state index in [1.807, 2.05) is 30.3 Å². The molecule has 1 saturated heterocycles. The molecule has 0 N–H and O–H groups in total. The second-order valence-corrected chi connectivity index (χ2v) is 7.17. The normalized spacial score (nSPS) is 14.6. The van der Waals surface area contributed by atoms with E-state index in [-0.39, 0.29) is 17.8 Å². The number of benzene rings is 2. The Labute approximate surface area is 170 Å². The molecule has 1 amide bonds. The first-order valence-corrected chi connectivity index (χ1v) is 9.88. The largest absolute Gasteiger partial charge is 0.488 e. The van der Waals surface area contributed by atoms with E-state index in [1.54, 1.807) is 30.0 Å². The van der Waals surface area contributed by atoms with Crippen molar-refractivity contribution in [2.75, 3.05) is 19.7 Å². The number of hydrogen-bond acceptors (Lipinski definition) is 4. The second-order valence-electron chi connectivity index (χ2n) is 6.73. The van der Waals surface area contributed by atoms with Crippen LogP contribution in [0.15, 0.2) is 48.5 Å². The Morgan fingerprint density at radius 1 is 1.11 bits per heavy atom. The van der Waals surface area contributed by atoms with Gasteiger partial charge in [0, 0.05) is 18.1 Å². The van der Waals surface area contributed by atoms with Crippen LogP contribution in [0.2, 0.25) is 5.02 Å². The van der Waals surface area contributed by atoms with E-state index in [0.29, 0.717) is 55.5 Å². The van der Waals surface area contributed by atoms with Gasteiger partial charge in [0.05, 0.1) is 18.1 Å². The third-order valence-electron chi connectivity index (χ3n) is 4.81. The van der Waals surface area contributed by atoms with Gasteiger partial charge in [0.2, 0.25) is 0 Å². The number of halogens is 1. The van der Waals surface area contributed by atoms with Gasteiger partial charge >= 0.3 is 5.97 Å². The molecule has 148 valence electrons. The molecule has 1 fully saturated rings. The van der Waals surface area contributed by atoms with Crippen molar-refractivity contribution in [2.45, 2.75) is 26.4 Å². The highest BCUT2D eigenvalue weighted by Crippen LogP contribution is 2.27. The molecule has 1 aliphatic rings. The third-order valence-corrected chi connectivity index (χ3v) is 5.05. The minimum absolute atomic E-state index is 0.132. The van der Waals surface area contributed by atoms with Crippen LogP contribution in [-0.4, -0.2) is 36.5 Å². The number of carbonyl (C=O) groups is 2. The molecule has 0 spiro atoms. The molecular formula is C22H24ClNO4. The number of ether oxygens (including phenoxy) is 2. The standard InChI is InChI=1S/C22H24ClNO4/c1-2-27-22(26)17-10-12-24(13-11-17)21(25)19-14-18(23)8-9-20(19)28-15-16-6-4-3-5-7-16/h3-9,14,17H,2,10-13,15H2,1H3. The summed E-state index contributed by atoms with van der Waals surface area (Å²) in [6.45, 7) is 3.56. The van der Waals surface area contributed by atoms with Crippen LogP contribution in [0, 0.1) is 5.92 Å². The molecular weight excluding hydrogens is 378 g/mol. The monoisotopic (exact) mass is 401 g/mol. The van der Waals surface area contributed by atoms with E-state index in [9.17, 15) is 9.59 Å². The predicted octanol–water partition coefficient (Wildman–Crippen LogP) is 4.33. The summed E-state index contributed by atoms with van der Waals surface area (Å²) in [5.41, 5.74) is 1.46. The molecule has 5 nitrogen and oxygen atoms in total. The van der Waals surface area contributed by atoms with Gasteiger partial charge in [-0.3, -0.25) is 9.59 Å². The van der Waals surface area contributed by atoms with Gasteiger partial charge < -0.3 is 14.4 Å². The van der Waals surface area contributed by atoms with Crippen LogP contribution < -0.4 is 4.74 Å². The molecule has 0 aromatic heterocycles. The zero-order valence-electron chi connectivity index (χ0n) is 15.9. The lowest BCUT2D eigenvalue weighted by Gasteiger charge is -2.31. The Bertz CT molecular complexity index is 817. The summed E-state index contributed by atoms with van der Waals surface area (Å²) in [6, 6.07) is 14.9. The van der Waals surface area contributed by atoms with Crippen molar-refractivity contribution in [1.29, 1.82) is 0 Å². The minimum Gasteiger partial charge on any atom is -0.488 e. The van der Waals surface area contributed by atoms with Crippen molar-refractivity contribution in [1.82, 2.24) is 4.90 Å². The molecule has 0 saturated carbocycles. The quantitative estimate of drug-likeness (QED) is 0.676. The van der Waals surface area contributed by atoms with E-state index in [1.165, 1.54) is 0 Å². The molecule has 28 heavy (non-hydrogen) atoms. The first kappa shape index (κ1) is 20.2. The van der Waals surface area contributed by atoms with Gasteiger partial charge in [-0.05, 0) is 43.5 Å². The van der Waals surface area contributed by atoms with Crippen LogP contribution in [0.3, 0.4) is 0 Å². The first-order valence-electron chi connectivity index (χ1n) is 9.50. The number of esters is 1. The molecule has 1 aliphatic heterocycles. The smallest absolute Gasteiger partial charge is 0.309 e. The molecule has 6 heteroatoms. The Balaban J connectivity index is 1.68. The Hall–Kier alpha value is -2.53. The van der Waals surface area contributed by atoms with Gasteiger partial charge in [0.15, 0.2) is 0 Å². The van der Waals surface area contributed by atoms with Crippen LogP contribution in [0.4, 0.5) is 0 Å². The number of piperidine rings is 1. The summed E-state index contributed by atoms with van der Waals surface area (Å²) in [6.07, 6.45) is 1.21. The van der Waals surface area contributed by atoms with Crippen LogP contribution in [-0.2, 0) is 16.1 Å². The molecule has 0 bridgehead atoms. The summed E-state index contributed by atoms with van der Waals surface area (Å²) in [5, 5.41) is 0.483. The van der Waals surface area contributed by atoms with Crippen LogP contribution in [0.1, 0.15) is 35.7 Å².